The van der Waals surface area contributed by atoms with Gasteiger partial charge in [-0.15, -0.1) is 0 Å². The molecule has 0 bridgehead atoms. The molecule has 0 saturated heterocycles. The number of nitrogens with one attached hydrogen (secondary N) is 2. The van der Waals surface area contributed by atoms with Crippen molar-refractivity contribution in [3.8, 4) is 11.5 Å². The molecule has 5 heteroatoms. The molecule has 1 amide bonds. The van der Waals surface area contributed by atoms with Crippen LogP contribution in [-0.4, -0.2) is 19.7 Å². The lowest BCUT2D eigenvalue weighted by Gasteiger charge is -2.07. The van der Waals surface area contributed by atoms with E-state index in [0.29, 0.717) is 13.2 Å². The molecule has 1 heterocycles. The maximum atomic E-state index is 11.3. The van der Waals surface area contributed by atoms with Gasteiger partial charge in [0, 0.05) is 13.5 Å². The number of ether oxygens (including phenoxy) is 2. The fourth-order valence-electron chi connectivity index (χ4n) is 2.00. The van der Waals surface area contributed by atoms with E-state index in [2.05, 4.69) is 10.9 Å². The van der Waals surface area contributed by atoms with Crippen molar-refractivity contribution >= 4 is 5.91 Å². The molecular formula is C13H18N2O3. The van der Waals surface area contributed by atoms with Crippen LogP contribution in [0, 0.1) is 6.92 Å². The van der Waals surface area contributed by atoms with Gasteiger partial charge in [-0.1, -0.05) is 0 Å². The fraction of sp³-hybridized carbons (Fsp3) is 0.462. The number of benzene rings is 1. The van der Waals surface area contributed by atoms with Crippen LogP contribution >= 0.6 is 0 Å². The normalized spacial score (nSPS) is 12.6. The molecule has 0 aliphatic carbocycles. The molecule has 1 aromatic carbocycles. The summed E-state index contributed by atoms with van der Waals surface area (Å²) in [5.41, 5.74) is 7.56. The summed E-state index contributed by atoms with van der Waals surface area (Å²) in [6.45, 7) is 2.34. The molecule has 0 atom stereocenters. The van der Waals surface area contributed by atoms with Crippen LogP contribution in [0.15, 0.2) is 12.1 Å². The third kappa shape index (κ3) is 2.92. The molecule has 1 aliphatic heterocycles. The van der Waals surface area contributed by atoms with E-state index in [0.717, 1.165) is 24.3 Å². The van der Waals surface area contributed by atoms with Crippen LogP contribution in [0.1, 0.15) is 24.0 Å². The summed E-state index contributed by atoms with van der Waals surface area (Å²) in [7, 11) is 1.68. The molecule has 0 saturated carbocycles. The Morgan fingerprint density at radius 1 is 1.33 bits per heavy atom. The summed E-state index contributed by atoms with van der Waals surface area (Å²) < 4.78 is 10.7. The second-order valence-electron chi connectivity index (χ2n) is 4.28. The molecule has 0 radical (unpaired) electrons. The minimum absolute atomic E-state index is 0.0101. The first-order valence-electron chi connectivity index (χ1n) is 6.05. The number of aryl methyl sites for hydroxylation is 2. The monoisotopic (exact) mass is 250 g/mol. The van der Waals surface area contributed by atoms with Crippen molar-refractivity contribution in [1.82, 2.24) is 10.9 Å². The van der Waals surface area contributed by atoms with E-state index in [4.69, 9.17) is 9.47 Å². The SMILES string of the molecule is CNNC(=O)CCCc1cc2c(cc1C)OCO2. The van der Waals surface area contributed by atoms with Gasteiger partial charge in [0.05, 0.1) is 0 Å². The van der Waals surface area contributed by atoms with Crippen LogP contribution < -0.4 is 20.3 Å². The predicted molar refractivity (Wildman–Crippen MR) is 67.4 cm³/mol. The fourth-order valence-corrected chi connectivity index (χ4v) is 2.00. The first-order chi connectivity index (χ1) is 8.70. The Morgan fingerprint density at radius 3 is 2.78 bits per heavy atom. The van der Waals surface area contributed by atoms with Crippen LogP contribution in [0.3, 0.4) is 0 Å². The second-order valence-corrected chi connectivity index (χ2v) is 4.28. The van der Waals surface area contributed by atoms with Gasteiger partial charge < -0.3 is 9.47 Å². The lowest BCUT2D eigenvalue weighted by molar-refractivity contribution is -0.122. The van der Waals surface area contributed by atoms with E-state index >= 15 is 0 Å². The molecule has 2 N–H and O–H groups in total. The average Bonchev–Trinajstić information content (AvgIpc) is 2.76. The second kappa shape index (κ2) is 5.73. The Balaban J connectivity index is 1.92. The van der Waals surface area contributed by atoms with E-state index in [9.17, 15) is 4.79 Å². The highest BCUT2D eigenvalue weighted by Crippen LogP contribution is 2.34. The molecule has 1 aromatic rings. The van der Waals surface area contributed by atoms with Crippen LogP contribution in [0.4, 0.5) is 0 Å². The summed E-state index contributed by atoms with van der Waals surface area (Å²) in [6, 6.07) is 4.00. The minimum atomic E-state index is 0.0101. The zero-order valence-corrected chi connectivity index (χ0v) is 10.7. The molecule has 0 unspecified atom stereocenters. The van der Waals surface area contributed by atoms with E-state index in [1.54, 1.807) is 7.05 Å². The van der Waals surface area contributed by atoms with Gasteiger partial charge in [0.1, 0.15) is 0 Å². The molecule has 0 fully saturated rings. The van der Waals surface area contributed by atoms with Gasteiger partial charge >= 0.3 is 0 Å². The molecule has 5 nitrogen and oxygen atoms in total. The van der Waals surface area contributed by atoms with Gasteiger partial charge in [-0.25, -0.2) is 5.43 Å². The zero-order valence-electron chi connectivity index (χ0n) is 10.7. The van der Waals surface area contributed by atoms with Crippen molar-refractivity contribution in [2.45, 2.75) is 26.2 Å². The number of hydrazine groups is 1. The first-order valence-corrected chi connectivity index (χ1v) is 6.05. The highest BCUT2D eigenvalue weighted by Gasteiger charge is 2.15. The quantitative estimate of drug-likeness (QED) is 0.773. The van der Waals surface area contributed by atoms with Crippen LogP contribution in [0.25, 0.3) is 0 Å². The highest BCUT2D eigenvalue weighted by atomic mass is 16.7. The third-order valence-electron chi connectivity index (χ3n) is 2.95. The lowest BCUT2D eigenvalue weighted by Crippen LogP contribution is -2.33. The summed E-state index contributed by atoms with van der Waals surface area (Å²) in [5, 5.41) is 0. The largest absolute Gasteiger partial charge is 0.454 e. The molecule has 18 heavy (non-hydrogen) atoms. The summed E-state index contributed by atoms with van der Waals surface area (Å²) in [4.78, 5) is 11.3. The summed E-state index contributed by atoms with van der Waals surface area (Å²) >= 11 is 0. The van der Waals surface area contributed by atoms with Gasteiger partial charge in [-0.2, -0.15) is 0 Å². The number of rotatable bonds is 5. The van der Waals surface area contributed by atoms with E-state index < -0.39 is 0 Å². The Kier molecular flexibility index (Phi) is 4.04. The number of hydrogen-bond acceptors (Lipinski definition) is 4. The molecule has 2 rings (SSSR count). The van der Waals surface area contributed by atoms with E-state index in [1.165, 1.54) is 11.1 Å². The lowest BCUT2D eigenvalue weighted by atomic mass is 10.0. The van der Waals surface area contributed by atoms with E-state index in [-0.39, 0.29) is 5.91 Å². The Hall–Kier alpha value is -1.75. The van der Waals surface area contributed by atoms with Gasteiger partial charge in [-0.3, -0.25) is 10.2 Å². The smallest absolute Gasteiger partial charge is 0.234 e. The molecule has 0 spiro atoms. The van der Waals surface area contributed by atoms with Crippen molar-refractivity contribution in [3.05, 3.63) is 23.3 Å². The first kappa shape index (κ1) is 12.7. The average molecular weight is 250 g/mol. The van der Waals surface area contributed by atoms with Gasteiger partial charge in [0.15, 0.2) is 11.5 Å². The van der Waals surface area contributed by atoms with Crippen molar-refractivity contribution in [2.75, 3.05) is 13.8 Å². The minimum Gasteiger partial charge on any atom is -0.454 e. The summed E-state index contributed by atoms with van der Waals surface area (Å²) in [5.74, 6) is 1.62. The van der Waals surface area contributed by atoms with E-state index in [1.807, 2.05) is 19.1 Å². The summed E-state index contributed by atoms with van der Waals surface area (Å²) in [6.07, 6.45) is 2.18. The number of carbonyl (C=O) groups is 1. The number of fused-ring (bicyclic) bond motifs is 1. The molecule has 98 valence electrons. The number of hydrogen-bond donors (Lipinski definition) is 2. The third-order valence-corrected chi connectivity index (χ3v) is 2.95. The highest BCUT2D eigenvalue weighted by molar-refractivity contribution is 5.75. The van der Waals surface area contributed by atoms with Crippen LogP contribution in [0.2, 0.25) is 0 Å². The van der Waals surface area contributed by atoms with Crippen molar-refractivity contribution in [1.29, 1.82) is 0 Å². The predicted octanol–water partition coefficient (Wildman–Crippen LogP) is 1.30. The maximum Gasteiger partial charge on any atom is 0.234 e. The van der Waals surface area contributed by atoms with Crippen LogP contribution in [0.5, 0.6) is 11.5 Å². The molecule has 1 aliphatic rings. The molecular weight excluding hydrogens is 232 g/mol. The van der Waals surface area contributed by atoms with Crippen molar-refractivity contribution in [2.24, 2.45) is 0 Å². The maximum absolute atomic E-state index is 11.3. The Labute approximate surface area is 106 Å². The van der Waals surface area contributed by atoms with Crippen molar-refractivity contribution < 1.29 is 14.3 Å². The van der Waals surface area contributed by atoms with Crippen molar-refractivity contribution in [3.63, 3.8) is 0 Å². The standard InChI is InChI=1S/C13H18N2O3/c1-9-6-11-12(18-8-17-11)7-10(9)4-3-5-13(16)15-14-2/h6-7,14H,3-5,8H2,1-2H3,(H,15,16). The van der Waals surface area contributed by atoms with Gasteiger partial charge in [-0.05, 0) is 43.0 Å². The Bertz CT molecular complexity index is 446. The zero-order chi connectivity index (χ0) is 13.0. The van der Waals surface area contributed by atoms with Crippen LogP contribution in [-0.2, 0) is 11.2 Å². The topological polar surface area (TPSA) is 59.6 Å². The molecule has 0 aromatic heterocycles. The van der Waals surface area contributed by atoms with Gasteiger partial charge in [0.25, 0.3) is 0 Å². The number of carbonyl (C=O) groups excluding carboxylic acids is 1. The Morgan fingerprint density at radius 2 is 2.06 bits per heavy atom. The van der Waals surface area contributed by atoms with Gasteiger partial charge in [0.2, 0.25) is 12.7 Å². The number of amides is 1.